The molecule has 24 heavy (non-hydrogen) atoms. The van der Waals surface area contributed by atoms with E-state index in [0.29, 0.717) is 11.1 Å². The fourth-order valence-electron chi connectivity index (χ4n) is 2.56. The average Bonchev–Trinajstić information content (AvgIpc) is 2.47. The molecule has 0 aromatic heterocycles. The number of halogens is 2. The van der Waals surface area contributed by atoms with Crippen molar-refractivity contribution in [3.63, 3.8) is 0 Å². The van der Waals surface area contributed by atoms with Crippen LogP contribution in [0.4, 0.5) is 0 Å². The Bertz CT molecular complexity index is 652. The largest absolute Gasteiger partial charge is 0.352 e. The van der Waals surface area contributed by atoms with Crippen molar-refractivity contribution in [2.24, 2.45) is 0 Å². The molecule has 1 aliphatic rings. The maximum absolute atomic E-state index is 12.3. The summed E-state index contributed by atoms with van der Waals surface area (Å²) in [5.41, 5.74) is 0. The minimum absolute atomic E-state index is 0. The van der Waals surface area contributed by atoms with Gasteiger partial charge in [-0.2, -0.15) is 4.72 Å². The van der Waals surface area contributed by atoms with Gasteiger partial charge in [-0.15, -0.1) is 12.4 Å². The molecule has 0 bridgehead atoms. The summed E-state index contributed by atoms with van der Waals surface area (Å²) >= 11 is 5.75. The molecule has 6 nitrogen and oxygen atoms in total. The van der Waals surface area contributed by atoms with Crippen molar-refractivity contribution in [1.29, 1.82) is 0 Å². The highest BCUT2D eigenvalue weighted by molar-refractivity contribution is 7.89. The number of piperidine rings is 1. The molecule has 1 aromatic rings. The molecule has 9 heteroatoms. The third-order valence-corrected chi connectivity index (χ3v) is 5.63. The molecule has 1 saturated heterocycles. The fraction of sp³-hybridized carbons (Fsp3) is 0.533. The lowest BCUT2D eigenvalue weighted by Gasteiger charge is -2.29. The standard InChI is InChI=1S/C15H22ClN3O3S.ClH/c1-10-9-13(7-8-17-10)18-15(20)11(2)19-23(21,22)14-5-3-12(16)4-6-14;/h3-6,10-11,13,17,19H,7-9H2,1-2H3,(H,18,20);1H. The van der Waals surface area contributed by atoms with E-state index in [9.17, 15) is 13.2 Å². The molecule has 1 fully saturated rings. The zero-order valence-corrected chi connectivity index (χ0v) is 16.0. The zero-order valence-electron chi connectivity index (χ0n) is 13.6. The molecule has 0 saturated carbocycles. The van der Waals surface area contributed by atoms with Crippen LogP contribution in [-0.4, -0.2) is 39.0 Å². The molecule has 2 rings (SSSR count). The second-order valence-electron chi connectivity index (χ2n) is 5.88. The predicted octanol–water partition coefficient (Wildman–Crippen LogP) is 1.69. The second kappa shape index (κ2) is 9.01. The van der Waals surface area contributed by atoms with Gasteiger partial charge in [-0.1, -0.05) is 11.6 Å². The van der Waals surface area contributed by atoms with Crippen LogP contribution in [0.2, 0.25) is 5.02 Å². The number of hydrogen-bond donors (Lipinski definition) is 3. The van der Waals surface area contributed by atoms with Gasteiger partial charge in [-0.05, 0) is 57.5 Å². The van der Waals surface area contributed by atoms with Crippen LogP contribution in [0.1, 0.15) is 26.7 Å². The third kappa shape index (κ3) is 5.89. The second-order valence-corrected chi connectivity index (χ2v) is 8.03. The molecule has 1 amide bonds. The number of amides is 1. The van der Waals surface area contributed by atoms with Gasteiger partial charge >= 0.3 is 0 Å². The van der Waals surface area contributed by atoms with Gasteiger partial charge in [0.2, 0.25) is 15.9 Å². The van der Waals surface area contributed by atoms with Crippen LogP contribution in [0, 0.1) is 0 Å². The number of hydrogen-bond acceptors (Lipinski definition) is 4. The summed E-state index contributed by atoms with van der Waals surface area (Å²) in [7, 11) is -3.75. The van der Waals surface area contributed by atoms with Gasteiger partial charge in [0.1, 0.15) is 0 Å². The summed E-state index contributed by atoms with van der Waals surface area (Å²) < 4.78 is 26.9. The van der Waals surface area contributed by atoms with Gasteiger partial charge in [0.15, 0.2) is 0 Å². The first kappa shape index (κ1) is 21.2. The summed E-state index contributed by atoms with van der Waals surface area (Å²) in [6.07, 6.45) is 1.68. The highest BCUT2D eigenvalue weighted by atomic mass is 35.5. The molecule has 0 aliphatic carbocycles. The number of carbonyl (C=O) groups is 1. The van der Waals surface area contributed by atoms with E-state index in [1.54, 1.807) is 0 Å². The van der Waals surface area contributed by atoms with Gasteiger partial charge in [0, 0.05) is 17.1 Å². The van der Waals surface area contributed by atoms with Crippen molar-refractivity contribution in [2.75, 3.05) is 6.54 Å². The Morgan fingerprint density at radius 3 is 2.54 bits per heavy atom. The number of nitrogens with one attached hydrogen (secondary N) is 3. The van der Waals surface area contributed by atoms with Crippen molar-refractivity contribution < 1.29 is 13.2 Å². The van der Waals surface area contributed by atoms with E-state index in [2.05, 4.69) is 22.3 Å². The first-order valence-electron chi connectivity index (χ1n) is 7.59. The van der Waals surface area contributed by atoms with Crippen LogP contribution < -0.4 is 15.4 Å². The van der Waals surface area contributed by atoms with E-state index in [4.69, 9.17) is 11.6 Å². The Kier molecular flexibility index (Phi) is 7.95. The maximum Gasteiger partial charge on any atom is 0.241 e. The molecule has 0 spiro atoms. The lowest BCUT2D eigenvalue weighted by atomic mass is 10.0. The molecule has 0 radical (unpaired) electrons. The lowest BCUT2D eigenvalue weighted by Crippen LogP contribution is -2.52. The van der Waals surface area contributed by atoms with Gasteiger partial charge in [-0.25, -0.2) is 8.42 Å². The van der Waals surface area contributed by atoms with Crippen molar-refractivity contribution >= 4 is 39.9 Å². The Hall–Kier alpha value is -0.860. The van der Waals surface area contributed by atoms with Crippen LogP contribution in [0.25, 0.3) is 0 Å². The van der Waals surface area contributed by atoms with Crippen LogP contribution in [-0.2, 0) is 14.8 Å². The Morgan fingerprint density at radius 2 is 1.96 bits per heavy atom. The average molecular weight is 396 g/mol. The van der Waals surface area contributed by atoms with Crippen LogP contribution in [0.3, 0.4) is 0 Å². The summed E-state index contributed by atoms with van der Waals surface area (Å²) in [6.45, 7) is 4.44. The zero-order chi connectivity index (χ0) is 17.0. The molecular weight excluding hydrogens is 373 g/mol. The smallest absolute Gasteiger partial charge is 0.241 e. The number of carbonyl (C=O) groups excluding carboxylic acids is 1. The fourth-order valence-corrected chi connectivity index (χ4v) is 3.89. The third-order valence-electron chi connectivity index (χ3n) is 3.82. The van der Waals surface area contributed by atoms with E-state index in [0.717, 1.165) is 19.4 Å². The van der Waals surface area contributed by atoms with Gasteiger partial charge in [0.05, 0.1) is 10.9 Å². The van der Waals surface area contributed by atoms with Crippen molar-refractivity contribution in [1.82, 2.24) is 15.4 Å². The molecule has 1 heterocycles. The normalized spacial score (nSPS) is 22.3. The highest BCUT2D eigenvalue weighted by Crippen LogP contribution is 2.14. The monoisotopic (exact) mass is 395 g/mol. The van der Waals surface area contributed by atoms with Gasteiger partial charge in [-0.3, -0.25) is 4.79 Å². The molecule has 1 aliphatic heterocycles. The summed E-state index contributed by atoms with van der Waals surface area (Å²) in [5.74, 6) is -0.318. The molecular formula is C15H23Cl2N3O3S. The van der Waals surface area contributed by atoms with E-state index < -0.39 is 16.1 Å². The molecule has 3 N–H and O–H groups in total. The van der Waals surface area contributed by atoms with Crippen LogP contribution >= 0.6 is 24.0 Å². The van der Waals surface area contributed by atoms with Crippen LogP contribution in [0.15, 0.2) is 29.2 Å². The minimum Gasteiger partial charge on any atom is -0.352 e. The highest BCUT2D eigenvalue weighted by Gasteiger charge is 2.25. The Morgan fingerprint density at radius 1 is 1.33 bits per heavy atom. The minimum atomic E-state index is -3.75. The maximum atomic E-state index is 12.3. The predicted molar refractivity (Wildman–Crippen MR) is 97.1 cm³/mol. The summed E-state index contributed by atoms with van der Waals surface area (Å²) in [6, 6.07) is 5.37. The number of rotatable bonds is 5. The first-order valence-corrected chi connectivity index (χ1v) is 9.45. The van der Waals surface area contributed by atoms with Gasteiger partial charge < -0.3 is 10.6 Å². The van der Waals surface area contributed by atoms with E-state index in [1.165, 1.54) is 31.2 Å². The van der Waals surface area contributed by atoms with E-state index in [1.807, 2.05) is 0 Å². The molecule has 1 aromatic carbocycles. The summed E-state index contributed by atoms with van der Waals surface area (Å²) in [5, 5.41) is 6.66. The first-order chi connectivity index (χ1) is 10.8. The molecule has 3 atom stereocenters. The Balaban J connectivity index is 0.00000288. The summed E-state index contributed by atoms with van der Waals surface area (Å²) in [4.78, 5) is 12.3. The number of sulfonamides is 1. The molecule has 136 valence electrons. The van der Waals surface area contributed by atoms with E-state index in [-0.39, 0.29) is 29.3 Å². The topological polar surface area (TPSA) is 87.3 Å². The SMILES string of the molecule is CC1CC(NC(=O)C(C)NS(=O)(=O)c2ccc(Cl)cc2)CCN1.Cl. The lowest BCUT2D eigenvalue weighted by molar-refractivity contribution is -0.123. The number of benzene rings is 1. The van der Waals surface area contributed by atoms with Crippen molar-refractivity contribution in [2.45, 2.75) is 49.7 Å². The Labute approximate surface area is 154 Å². The van der Waals surface area contributed by atoms with Crippen LogP contribution in [0.5, 0.6) is 0 Å². The quantitative estimate of drug-likeness (QED) is 0.707. The molecule has 3 unspecified atom stereocenters. The van der Waals surface area contributed by atoms with Crippen molar-refractivity contribution in [3.8, 4) is 0 Å². The van der Waals surface area contributed by atoms with Gasteiger partial charge in [0.25, 0.3) is 0 Å². The van der Waals surface area contributed by atoms with E-state index >= 15 is 0 Å². The van der Waals surface area contributed by atoms with Crippen molar-refractivity contribution in [3.05, 3.63) is 29.3 Å².